The molecule has 0 bridgehead atoms. The SMILES string of the molecule is CC(CO)CNC(=O)C(=O)Nc1ccc(F)c(C(F)(F)F)c1. The van der Waals surface area contributed by atoms with Gasteiger partial charge in [0.05, 0.1) is 5.56 Å². The Hall–Kier alpha value is -2.16. The van der Waals surface area contributed by atoms with Crippen LogP contribution in [0.2, 0.25) is 0 Å². The number of carbonyl (C=O) groups excluding carboxylic acids is 2. The first kappa shape index (κ1) is 17.9. The number of aliphatic hydroxyl groups is 1. The highest BCUT2D eigenvalue weighted by Gasteiger charge is 2.34. The highest BCUT2D eigenvalue weighted by molar-refractivity contribution is 6.39. The fraction of sp³-hybridized carbons (Fsp3) is 0.385. The molecule has 0 aliphatic rings. The standard InChI is InChI=1S/C13H14F4N2O3/c1-7(6-20)5-18-11(21)12(22)19-8-2-3-10(14)9(4-8)13(15,16)17/h2-4,7,20H,5-6H2,1H3,(H,18,21)(H,19,22). The summed E-state index contributed by atoms with van der Waals surface area (Å²) in [6.07, 6.45) is -4.91. The smallest absolute Gasteiger partial charge is 0.396 e. The van der Waals surface area contributed by atoms with Gasteiger partial charge in [-0.15, -0.1) is 0 Å². The van der Waals surface area contributed by atoms with Gasteiger partial charge in [0.25, 0.3) is 0 Å². The summed E-state index contributed by atoms with van der Waals surface area (Å²) in [4.78, 5) is 22.9. The number of halogens is 4. The van der Waals surface area contributed by atoms with Crippen molar-refractivity contribution in [2.75, 3.05) is 18.5 Å². The van der Waals surface area contributed by atoms with Crippen LogP contribution in [0, 0.1) is 11.7 Å². The van der Waals surface area contributed by atoms with Gasteiger partial charge in [0.15, 0.2) is 0 Å². The van der Waals surface area contributed by atoms with Crippen molar-refractivity contribution in [1.82, 2.24) is 5.32 Å². The van der Waals surface area contributed by atoms with Gasteiger partial charge in [-0.05, 0) is 24.1 Å². The number of rotatable bonds is 4. The predicted molar refractivity (Wildman–Crippen MR) is 69.3 cm³/mol. The monoisotopic (exact) mass is 322 g/mol. The number of alkyl halides is 3. The first-order chi connectivity index (χ1) is 10.1. The minimum atomic E-state index is -4.91. The summed E-state index contributed by atoms with van der Waals surface area (Å²) in [5.74, 6) is -4.02. The van der Waals surface area contributed by atoms with E-state index in [0.29, 0.717) is 12.1 Å². The number of hydrogen-bond acceptors (Lipinski definition) is 3. The lowest BCUT2D eigenvalue weighted by molar-refractivity contribution is -0.140. The molecule has 5 nitrogen and oxygen atoms in total. The Morgan fingerprint density at radius 2 is 1.91 bits per heavy atom. The third kappa shape index (κ3) is 4.99. The maximum absolute atomic E-state index is 13.1. The molecule has 122 valence electrons. The Kier molecular flexibility index (Phi) is 5.86. The maximum Gasteiger partial charge on any atom is 0.419 e. The summed E-state index contributed by atoms with van der Waals surface area (Å²) < 4.78 is 50.6. The quantitative estimate of drug-likeness (QED) is 0.581. The fourth-order valence-electron chi connectivity index (χ4n) is 1.42. The van der Waals surface area contributed by atoms with Gasteiger partial charge in [-0.3, -0.25) is 9.59 Å². The lowest BCUT2D eigenvalue weighted by atomic mass is 10.1. The highest BCUT2D eigenvalue weighted by Crippen LogP contribution is 2.32. The second-order valence-corrected chi connectivity index (χ2v) is 4.64. The van der Waals surface area contributed by atoms with E-state index in [0.717, 1.165) is 6.07 Å². The molecule has 0 spiro atoms. The third-order valence-corrected chi connectivity index (χ3v) is 2.66. The van der Waals surface area contributed by atoms with E-state index in [1.807, 2.05) is 5.32 Å². The van der Waals surface area contributed by atoms with Crippen molar-refractivity contribution in [2.45, 2.75) is 13.1 Å². The van der Waals surface area contributed by atoms with Gasteiger partial charge in [0.1, 0.15) is 5.82 Å². The molecule has 0 aliphatic heterocycles. The fourth-order valence-corrected chi connectivity index (χ4v) is 1.42. The van der Waals surface area contributed by atoms with Gasteiger partial charge in [-0.2, -0.15) is 13.2 Å². The molecule has 1 aromatic rings. The minimum Gasteiger partial charge on any atom is -0.396 e. The van der Waals surface area contributed by atoms with E-state index in [1.54, 1.807) is 6.92 Å². The molecule has 2 amide bonds. The van der Waals surface area contributed by atoms with Crippen molar-refractivity contribution in [3.05, 3.63) is 29.6 Å². The Morgan fingerprint density at radius 1 is 1.27 bits per heavy atom. The average molecular weight is 322 g/mol. The first-order valence-electron chi connectivity index (χ1n) is 6.22. The molecule has 3 N–H and O–H groups in total. The van der Waals surface area contributed by atoms with Crippen LogP contribution in [0.3, 0.4) is 0 Å². The summed E-state index contributed by atoms with van der Waals surface area (Å²) in [7, 11) is 0. The summed E-state index contributed by atoms with van der Waals surface area (Å²) in [5.41, 5.74) is -1.90. The van der Waals surface area contributed by atoms with Gasteiger partial charge < -0.3 is 15.7 Å². The minimum absolute atomic E-state index is 0.0278. The lowest BCUT2D eigenvalue weighted by Crippen LogP contribution is -2.38. The van der Waals surface area contributed by atoms with Gasteiger partial charge in [0, 0.05) is 18.8 Å². The number of carbonyl (C=O) groups is 2. The molecule has 0 aliphatic carbocycles. The predicted octanol–water partition coefficient (Wildman–Crippen LogP) is 1.53. The normalized spacial score (nSPS) is 12.6. The third-order valence-electron chi connectivity index (χ3n) is 2.66. The lowest BCUT2D eigenvalue weighted by Gasteiger charge is -2.12. The van der Waals surface area contributed by atoms with Gasteiger partial charge >= 0.3 is 18.0 Å². The van der Waals surface area contributed by atoms with Crippen LogP contribution in [0.25, 0.3) is 0 Å². The van der Waals surface area contributed by atoms with Crippen molar-refractivity contribution in [3.8, 4) is 0 Å². The molecule has 1 atom stereocenters. The molecule has 0 radical (unpaired) electrons. The van der Waals surface area contributed by atoms with E-state index in [9.17, 15) is 27.2 Å². The number of nitrogens with one attached hydrogen (secondary N) is 2. The van der Waals surface area contributed by atoms with Crippen LogP contribution in [-0.4, -0.2) is 30.1 Å². The second-order valence-electron chi connectivity index (χ2n) is 4.64. The molecule has 1 unspecified atom stereocenters. The number of aliphatic hydroxyl groups excluding tert-OH is 1. The van der Waals surface area contributed by atoms with Gasteiger partial charge in [0.2, 0.25) is 0 Å². The van der Waals surface area contributed by atoms with Crippen molar-refractivity contribution in [3.63, 3.8) is 0 Å². The van der Waals surface area contributed by atoms with Crippen LogP contribution in [0.5, 0.6) is 0 Å². The van der Waals surface area contributed by atoms with E-state index >= 15 is 0 Å². The summed E-state index contributed by atoms with van der Waals surface area (Å²) >= 11 is 0. The Balaban J connectivity index is 2.74. The number of hydrogen-bond donors (Lipinski definition) is 3. The second kappa shape index (κ2) is 7.21. The molecular formula is C13H14F4N2O3. The molecular weight excluding hydrogens is 308 g/mol. The topological polar surface area (TPSA) is 78.4 Å². The molecule has 0 saturated carbocycles. The van der Waals surface area contributed by atoms with Crippen LogP contribution in [0.1, 0.15) is 12.5 Å². The summed E-state index contributed by atoms with van der Waals surface area (Å²) in [5, 5.41) is 12.9. The highest BCUT2D eigenvalue weighted by atomic mass is 19.4. The van der Waals surface area contributed by atoms with Gasteiger partial charge in [-0.25, -0.2) is 4.39 Å². The van der Waals surface area contributed by atoms with Crippen molar-refractivity contribution < 1.29 is 32.3 Å². The van der Waals surface area contributed by atoms with E-state index < -0.39 is 29.4 Å². The van der Waals surface area contributed by atoms with Crippen LogP contribution in [0.15, 0.2) is 18.2 Å². The zero-order chi connectivity index (χ0) is 16.9. The zero-order valence-electron chi connectivity index (χ0n) is 11.5. The number of anilines is 1. The molecule has 0 saturated heterocycles. The van der Waals surface area contributed by atoms with E-state index in [2.05, 4.69) is 5.32 Å². The molecule has 1 rings (SSSR count). The molecule has 0 aromatic heterocycles. The van der Waals surface area contributed by atoms with Gasteiger partial charge in [-0.1, -0.05) is 6.92 Å². The zero-order valence-corrected chi connectivity index (χ0v) is 11.5. The van der Waals surface area contributed by atoms with Crippen LogP contribution in [0.4, 0.5) is 23.2 Å². The number of benzene rings is 1. The summed E-state index contributed by atoms with van der Waals surface area (Å²) in [6.45, 7) is 1.45. The van der Waals surface area contributed by atoms with Crippen molar-refractivity contribution in [2.24, 2.45) is 5.92 Å². The van der Waals surface area contributed by atoms with Crippen LogP contribution in [-0.2, 0) is 15.8 Å². The van der Waals surface area contributed by atoms with Crippen LogP contribution >= 0.6 is 0 Å². The van der Waals surface area contributed by atoms with E-state index in [4.69, 9.17) is 5.11 Å². The molecule has 0 fully saturated rings. The largest absolute Gasteiger partial charge is 0.419 e. The average Bonchev–Trinajstić information content (AvgIpc) is 2.44. The molecule has 9 heteroatoms. The molecule has 0 heterocycles. The van der Waals surface area contributed by atoms with E-state index in [1.165, 1.54) is 0 Å². The Morgan fingerprint density at radius 3 is 2.45 bits per heavy atom. The first-order valence-corrected chi connectivity index (χ1v) is 6.22. The Labute approximate surface area is 123 Å². The Bertz CT molecular complexity index is 561. The summed E-state index contributed by atoms with van der Waals surface area (Å²) in [6, 6.07) is 1.85. The van der Waals surface area contributed by atoms with Crippen molar-refractivity contribution in [1.29, 1.82) is 0 Å². The van der Waals surface area contributed by atoms with Crippen molar-refractivity contribution >= 4 is 17.5 Å². The van der Waals surface area contributed by atoms with Crippen LogP contribution < -0.4 is 10.6 Å². The molecule has 1 aromatic carbocycles. The maximum atomic E-state index is 13.1. The van der Waals surface area contributed by atoms with E-state index in [-0.39, 0.29) is 24.8 Å². The molecule has 22 heavy (non-hydrogen) atoms. The number of amides is 2.